The van der Waals surface area contributed by atoms with E-state index in [0.29, 0.717) is 12.8 Å². The van der Waals surface area contributed by atoms with E-state index in [-0.39, 0.29) is 26.1 Å². The minimum Gasteiger partial charge on any atom is -0.462 e. The Morgan fingerprint density at radius 3 is 1.69 bits per heavy atom. The number of aliphatic hydroxyl groups is 7. The molecule has 0 aliphatic carbocycles. The highest BCUT2D eigenvalue weighted by molar-refractivity contribution is 5.70. The van der Waals surface area contributed by atoms with Crippen LogP contribution >= 0.6 is 0 Å². The first-order chi connectivity index (χ1) is 26.0. The number of hydrogen-bond acceptors (Lipinski definition) is 15. The van der Waals surface area contributed by atoms with Gasteiger partial charge in [0, 0.05) is 12.8 Å². The molecular formula is C39H70O15. The van der Waals surface area contributed by atoms with Crippen molar-refractivity contribution in [3.8, 4) is 0 Å². The van der Waals surface area contributed by atoms with Gasteiger partial charge in [-0.3, -0.25) is 9.59 Å². The summed E-state index contributed by atoms with van der Waals surface area (Å²) in [6.45, 7) is 2.44. The highest BCUT2D eigenvalue weighted by atomic mass is 16.7. The number of rotatable bonds is 29. The van der Waals surface area contributed by atoms with Crippen molar-refractivity contribution in [2.75, 3.05) is 26.4 Å². The molecule has 2 fully saturated rings. The van der Waals surface area contributed by atoms with E-state index in [1.807, 2.05) is 0 Å². The Labute approximate surface area is 320 Å². The summed E-state index contributed by atoms with van der Waals surface area (Å²) in [5, 5.41) is 71.5. The molecule has 2 aliphatic rings. The van der Waals surface area contributed by atoms with Crippen molar-refractivity contribution in [1.82, 2.24) is 0 Å². The number of carbonyl (C=O) groups excluding carboxylic acids is 2. The van der Waals surface area contributed by atoms with E-state index >= 15 is 0 Å². The van der Waals surface area contributed by atoms with Crippen LogP contribution in [0.4, 0.5) is 0 Å². The smallest absolute Gasteiger partial charge is 0.306 e. The van der Waals surface area contributed by atoms with Gasteiger partial charge < -0.3 is 64.2 Å². The number of hydrogen-bond donors (Lipinski definition) is 7. The summed E-state index contributed by atoms with van der Waals surface area (Å²) in [5.41, 5.74) is 0. The molecule has 0 radical (unpaired) electrons. The minimum absolute atomic E-state index is 0.157. The molecule has 15 heteroatoms. The van der Waals surface area contributed by atoms with Gasteiger partial charge in [0.05, 0.1) is 19.8 Å². The van der Waals surface area contributed by atoms with Gasteiger partial charge >= 0.3 is 11.9 Å². The molecular weight excluding hydrogens is 708 g/mol. The van der Waals surface area contributed by atoms with Crippen molar-refractivity contribution < 1.29 is 73.8 Å². The third-order valence-electron chi connectivity index (χ3n) is 9.74. The predicted molar refractivity (Wildman–Crippen MR) is 197 cm³/mol. The minimum atomic E-state index is -1.76. The number of unbranched alkanes of at least 4 members (excludes halogenated alkanes) is 13. The average Bonchev–Trinajstić information content (AvgIpc) is 3.16. The molecule has 0 bridgehead atoms. The normalized spacial score (nSPS) is 29.4. The molecule has 11 atom stereocenters. The van der Waals surface area contributed by atoms with Crippen LogP contribution in [0.3, 0.4) is 0 Å². The Bertz CT molecular complexity index is 1010. The van der Waals surface area contributed by atoms with Gasteiger partial charge in [-0.2, -0.15) is 0 Å². The van der Waals surface area contributed by atoms with E-state index in [9.17, 15) is 45.3 Å². The fourth-order valence-electron chi connectivity index (χ4n) is 6.25. The molecule has 316 valence electrons. The molecule has 2 heterocycles. The lowest BCUT2D eigenvalue weighted by atomic mass is 9.98. The lowest BCUT2D eigenvalue weighted by Crippen LogP contribution is -2.61. The van der Waals surface area contributed by atoms with Gasteiger partial charge in [0.25, 0.3) is 0 Å². The zero-order chi connectivity index (χ0) is 39.7. The molecule has 2 saturated heterocycles. The third kappa shape index (κ3) is 18.5. The summed E-state index contributed by atoms with van der Waals surface area (Å²) in [6.07, 6.45) is 4.44. The number of esters is 2. The summed E-state index contributed by atoms with van der Waals surface area (Å²) in [5.74, 6) is -0.945. The first-order valence-corrected chi connectivity index (χ1v) is 20.3. The Balaban J connectivity index is 1.91. The third-order valence-corrected chi connectivity index (χ3v) is 9.74. The predicted octanol–water partition coefficient (Wildman–Crippen LogP) is 2.70. The standard InChI is InChI=1S/C39H70O15/c1-3-5-7-9-11-12-13-14-16-18-20-22-31(42)52-27(24-49-30(41)21-19-17-15-10-8-6-4-2)25-50-38-37(48)35(46)33(44)29(54-38)26-51-39-36(47)34(45)32(43)28(23-40)53-39/h9,11,27-29,32-40,43-48H,3-8,10,12-26H2,1-2H3/b11-9-. The van der Waals surface area contributed by atoms with Gasteiger partial charge in [-0.05, 0) is 32.1 Å². The number of carbonyl (C=O) groups is 2. The topological polar surface area (TPSA) is 231 Å². The molecule has 0 aromatic heterocycles. The molecule has 11 unspecified atom stereocenters. The first kappa shape index (κ1) is 48.4. The van der Waals surface area contributed by atoms with Crippen molar-refractivity contribution in [3.63, 3.8) is 0 Å². The molecule has 2 rings (SSSR count). The van der Waals surface area contributed by atoms with Crippen molar-refractivity contribution in [3.05, 3.63) is 12.2 Å². The summed E-state index contributed by atoms with van der Waals surface area (Å²) in [4.78, 5) is 25.3. The van der Waals surface area contributed by atoms with Crippen molar-refractivity contribution in [1.29, 1.82) is 0 Å². The molecule has 0 saturated carbocycles. The Morgan fingerprint density at radius 1 is 0.574 bits per heavy atom. The molecule has 0 spiro atoms. The van der Waals surface area contributed by atoms with Gasteiger partial charge in [0.1, 0.15) is 55.4 Å². The second-order valence-electron chi connectivity index (χ2n) is 14.5. The summed E-state index contributed by atoms with van der Waals surface area (Å²) >= 11 is 0. The maximum Gasteiger partial charge on any atom is 0.306 e. The Morgan fingerprint density at radius 2 is 1.07 bits per heavy atom. The van der Waals surface area contributed by atoms with Crippen LogP contribution in [0.25, 0.3) is 0 Å². The van der Waals surface area contributed by atoms with E-state index < -0.39 is 92.7 Å². The van der Waals surface area contributed by atoms with E-state index in [4.69, 9.17) is 28.4 Å². The van der Waals surface area contributed by atoms with E-state index in [0.717, 1.165) is 64.2 Å². The fraction of sp³-hybridized carbons (Fsp3) is 0.897. The Kier molecular flexibility index (Phi) is 25.6. The van der Waals surface area contributed by atoms with E-state index in [2.05, 4.69) is 26.0 Å². The zero-order valence-corrected chi connectivity index (χ0v) is 32.5. The molecule has 7 N–H and O–H groups in total. The first-order valence-electron chi connectivity index (χ1n) is 20.3. The molecule has 0 aromatic rings. The average molecular weight is 779 g/mol. The van der Waals surface area contributed by atoms with Gasteiger partial charge in [0.2, 0.25) is 0 Å². The van der Waals surface area contributed by atoms with Gasteiger partial charge in [-0.1, -0.05) is 96.6 Å². The maximum atomic E-state index is 12.8. The maximum absolute atomic E-state index is 12.8. The van der Waals surface area contributed by atoms with Gasteiger partial charge in [0.15, 0.2) is 18.7 Å². The van der Waals surface area contributed by atoms with Crippen molar-refractivity contribution in [2.45, 2.75) is 197 Å². The van der Waals surface area contributed by atoms with Crippen LogP contribution in [-0.2, 0) is 38.0 Å². The summed E-state index contributed by atoms with van der Waals surface area (Å²) in [7, 11) is 0. The SMILES string of the molecule is CCCC/C=C\CCCCCCCC(=O)OC(COC(=O)CCCCCCCCC)COC1OC(COC2OC(CO)C(O)C(O)C2O)C(O)C(O)C1O. The molecule has 0 amide bonds. The van der Waals surface area contributed by atoms with Crippen LogP contribution in [0.1, 0.15) is 129 Å². The fourth-order valence-corrected chi connectivity index (χ4v) is 6.25. The van der Waals surface area contributed by atoms with Crippen molar-refractivity contribution in [2.24, 2.45) is 0 Å². The number of allylic oxidation sites excluding steroid dienone is 2. The Hall–Kier alpha value is -1.76. The van der Waals surface area contributed by atoms with Gasteiger partial charge in [-0.25, -0.2) is 0 Å². The second kappa shape index (κ2) is 28.6. The van der Waals surface area contributed by atoms with Gasteiger partial charge in [-0.15, -0.1) is 0 Å². The highest BCUT2D eigenvalue weighted by Crippen LogP contribution is 2.26. The summed E-state index contributed by atoms with van der Waals surface area (Å²) < 4.78 is 33.2. The molecule has 15 nitrogen and oxygen atoms in total. The summed E-state index contributed by atoms with van der Waals surface area (Å²) in [6, 6.07) is 0. The lowest BCUT2D eigenvalue weighted by molar-refractivity contribution is -0.332. The highest BCUT2D eigenvalue weighted by Gasteiger charge is 2.47. The molecule has 54 heavy (non-hydrogen) atoms. The van der Waals surface area contributed by atoms with E-state index in [1.54, 1.807) is 0 Å². The van der Waals surface area contributed by atoms with Crippen molar-refractivity contribution >= 4 is 11.9 Å². The van der Waals surface area contributed by atoms with Crippen LogP contribution in [0.15, 0.2) is 12.2 Å². The van der Waals surface area contributed by atoms with E-state index in [1.165, 1.54) is 25.7 Å². The number of ether oxygens (including phenoxy) is 6. The quantitative estimate of drug-likeness (QED) is 0.0329. The zero-order valence-electron chi connectivity index (χ0n) is 32.5. The van der Waals surface area contributed by atoms with Crippen LogP contribution in [-0.4, -0.2) is 142 Å². The monoisotopic (exact) mass is 778 g/mol. The second-order valence-corrected chi connectivity index (χ2v) is 14.5. The number of aliphatic hydroxyl groups excluding tert-OH is 7. The molecule has 0 aromatic carbocycles. The van der Waals surface area contributed by atoms with Crippen LogP contribution in [0, 0.1) is 0 Å². The largest absolute Gasteiger partial charge is 0.462 e. The van der Waals surface area contributed by atoms with Crippen LogP contribution < -0.4 is 0 Å². The lowest BCUT2D eigenvalue weighted by Gasteiger charge is -2.42. The molecule has 2 aliphatic heterocycles. The van der Waals surface area contributed by atoms with Crippen LogP contribution in [0.5, 0.6) is 0 Å². The van der Waals surface area contributed by atoms with Crippen LogP contribution in [0.2, 0.25) is 0 Å².